The maximum atomic E-state index is 3.38. The minimum absolute atomic E-state index is 0. The molecule has 0 unspecified atom stereocenters. The van der Waals surface area contributed by atoms with Crippen molar-refractivity contribution in [2.45, 2.75) is 6.42 Å². The van der Waals surface area contributed by atoms with Crippen LogP contribution in [0.25, 0.3) is 0 Å². The van der Waals surface area contributed by atoms with Gasteiger partial charge in [0.05, 0.1) is 0 Å². The van der Waals surface area contributed by atoms with Crippen LogP contribution in [0.3, 0.4) is 0 Å². The van der Waals surface area contributed by atoms with Gasteiger partial charge < -0.3 is 20.3 Å². The van der Waals surface area contributed by atoms with E-state index in [1.54, 1.807) is 0 Å². The molecule has 0 aliphatic heterocycles. The summed E-state index contributed by atoms with van der Waals surface area (Å²) in [6, 6.07) is 0. The molecular formula is C3H6WY-2. The molecule has 0 bridgehead atoms. The van der Waals surface area contributed by atoms with E-state index in [0.29, 0.717) is 0 Å². The van der Waals surface area contributed by atoms with Gasteiger partial charge in [0.25, 0.3) is 0 Å². The van der Waals surface area contributed by atoms with Crippen LogP contribution in [0.2, 0.25) is 0 Å². The average molecular weight is 315 g/mol. The zero-order valence-electron chi connectivity index (χ0n) is 3.11. The SMILES string of the molecule is [CH2-]C[CH2-].[W].[Y]. The largest absolute Gasteiger partial charge is 0.372 e. The molecule has 0 nitrogen and oxygen atoms in total. The van der Waals surface area contributed by atoms with Crippen LogP contribution in [0.15, 0.2) is 0 Å². The molecule has 0 aromatic carbocycles. The van der Waals surface area contributed by atoms with Crippen molar-refractivity contribution in [3.05, 3.63) is 13.8 Å². The van der Waals surface area contributed by atoms with Crippen LogP contribution in [0.4, 0.5) is 0 Å². The smallest absolute Gasteiger partial charge is 0 e. The Morgan fingerprint density at radius 3 is 1.20 bits per heavy atom. The predicted octanol–water partition coefficient (Wildman–Crippen LogP) is 1.04. The summed E-state index contributed by atoms with van der Waals surface area (Å²) in [5.41, 5.74) is 0. The number of hydrogen-bond donors (Lipinski definition) is 0. The Morgan fingerprint density at radius 1 is 1.20 bits per heavy atom. The Hall–Kier alpha value is 1.79. The van der Waals surface area contributed by atoms with Crippen molar-refractivity contribution in [3.8, 4) is 0 Å². The molecule has 0 N–H and O–H groups in total. The van der Waals surface area contributed by atoms with Gasteiger partial charge in [-0.3, -0.25) is 0 Å². The Kier molecular flexibility index (Phi) is 54.1. The van der Waals surface area contributed by atoms with Gasteiger partial charge in [0.1, 0.15) is 0 Å². The Morgan fingerprint density at radius 2 is 1.20 bits per heavy atom. The van der Waals surface area contributed by atoms with Crippen molar-refractivity contribution in [1.29, 1.82) is 0 Å². The average Bonchev–Trinajstić information content (AvgIpc) is 0.918. The maximum Gasteiger partial charge on any atom is 0 e. The fourth-order valence-electron chi connectivity index (χ4n) is 0. The van der Waals surface area contributed by atoms with E-state index in [1.807, 2.05) is 0 Å². The summed E-state index contributed by atoms with van der Waals surface area (Å²) in [5.74, 6) is 0. The summed E-state index contributed by atoms with van der Waals surface area (Å²) in [6.07, 6.45) is 0.750. The van der Waals surface area contributed by atoms with Gasteiger partial charge in [-0.15, -0.1) is 0 Å². The van der Waals surface area contributed by atoms with Crippen LogP contribution in [0, 0.1) is 13.8 Å². The van der Waals surface area contributed by atoms with Crippen molar-refractivity contribution in [1.82, 2.24) is 0 Å². The van der Waals surface area contributed by atoms with Gasteiger partial charge in [0.15, 0.2) is 0 Å². The van der Waals surface area contributed by atoms with E-state index in [4.69, 9.17) is 0 Å². The standard InChI is InChI=1S/C3H6.W.Y/c1-3-2;;/h1-3H2;;/q-2;;. The molecule has 1 radical (unpaired) electrons. The molecule has 0 fully saturated rings. The molecule has 0 aliphatic rings. The summed E-state index contributed by atoms with van der Waals surface area (Å²) in [7, 11) is 0. The predicted molar refractivity (Wildman–Crippen MR) is 15.3 cm³/mol. The second-order valence-corrected chi connectivity index (χ2v) is 0.354. The second kappa shape index (κ2) is 17.1. The monoisotopic (exact) mass is 315 g/mol. The Balaban J connectivity index is -0.0000000200. The third-order valence-electron chi connectivity index (χ3n) is 0. The quantitative estimate of drug-likeness (QED) is 0.586. The van der Waals surface area contributed by atoms with Gasteiger partial charge >= 0.3 is 0 Å². The minimum Gasteiger partial charge on any atom is -0.372 e. The van der Waals surface area contributed by atoms with E-state index in [-0.39, 0.29) is 53.8 Å². The van der Waals surface area contributed by atoms with E-state index in [0.717, 1.165) is 6.42 Å². The first kappa shape index (κ1) is 15.8. The summed E-state index contributed by atoms with van der Waals surface area (Å²) >= 11 is 0. The molecule has 0 heterocycles. The van der Waals surface area contributed by atoms with Gasteiger partial charge in [0, 0.05) is 53.8 Å². The normalized spacial score (nSPS) is 3.60. The van der Waals surface area contributed by atoms with Crippen LogP contribution < -0.4 is 0 Å². The third kappa shape index (κ3) is 25.9. The molecule has 0 saturated carbocycles. The molecule has 5 heavy (non-hydrogen) atoms. The molecule has 0 saturated heterocycles. The number of hydrogen-bond acceptors (Lipinski definition) is 0. The molecule has 0 atom stereocenters. The topological polar surface area (TPSA) is 0 Å². The first-order valence-corrected chi connectivity index (χ1v) is 1.000. The first-order valence-electron chi connectivity index (χ1n) is 1.000. The fraction of sp³-hybridized carbons (Fsp3) is 0.333. The maximum absolute atomic E-state index is 3.38. The molecule has 29 valence electrons. The van der Waals surface area contributed by atoms with E-state index >= 15 is 0 Å². The number of rotatable bonds is 0. The first-order chi connectivity index (χ1) is 1.41. The summed E-state index contributed by atoms with van der Waals surface area (Å²) in [5, 5.41) is 0. The van der Waals surface area contributed by atoms with Crippen LogP contribution >= 0.6 is 0 Å². The summed E-state index contributed by atoms with van der Waals surface area (Å²) in [4.78, 5) is 0. The molecule has 0 aromatic rings. The zero-order valence-corrected chi connectivity index (χ0v) is 8.88. The van der Waals surface area contributed by atoms with Crippen LogP contribution in [0.1, 0.15) is 6.42 Å². The molecule has 2 heteroatoms. The second-order valence-electron chi connectivity index (χ2n) is 0.354. The molecule has 0 aliphatic carbocycles. The molecule has 0 rings (SSSR count). The van der Waals surface area contributed by atoms with Gasteiger partial charge in [-0.1, -0.05) is 0 Å². The van der Waals surface area contributed by atoms with E-state index in [2.05, 4.69) is 13.8 Å². The van der Waals surface area contributed by atoms with Crippen molar-refractivity contribution in [3.63, 3.8) is 0 Å². The Labute approximate surface area is 73.2 Å². The van der Waals surface area contributed by atoms with Crippen LogP contribution in [0.5, 0.6) is 0 Å². The third-order valence-corrected chi connectivity index (χ3v) is 0. The molecular weight excluding hydrogens is 309 g/mol. The van der Waals surface area contributed by atoms with Gasteiger partial charge in [0.2, 0.25) is 0 Å². The van der Waals surface area contributed by atoms with E-state index < -0.39 is 0 Å². The molecule has 0 spiro atoms. The minimum atomic E-state index is 0. The zero-order chi connectivity index (χ0) is 2.71. The van der Waals surface area contributed by atoms with Gasteiger partial charge in [-0.05, 0) is 0 Å². The van der Waals surface area contributed by atoms with Crippen molar-refractivity contribution >= 4 is 0 Å². The summed E-state index contributed by atoms with van der Waals surface area (Å²) in [6.45, 7) is 6.75. The van der Waals surface area contributed by atoms with Crippen molar-refractivity contribution in [2.75, 3.05) is 0 Å². The molecule has 0 aromatic heterocycles. The van der Waals surface area contributed by atoms with E-state index in [9.17, 15) is 0 Å². The Bertz CT molecular complexity index is 6.85. The summed E-state index contributed by atoms with van der Waals surface area (Å²) < 4.78 is 0. The van der Waals surface area contributed by atoms with Crippen molar-refractivity contribution < 1.29 is 53.8 Å². The van der Waals surface area contributed by atoms with Gasteiger partial charge in [-0.2, -0.15) is 0 Å². The van der Waals surface area contributed by atoms with Crippen molar-refractivity contribution in [2.24, 2.45) is 0 Å². The van der Waals surface area contributed by atoms with Crippen LogP contribution in [-0.2, 0) is 53.8 Å². The van der Waals surface area contributed by atoms with E-state index in [1.165, 1.54) is 0 Å². The molecule has 0 amide bonds. The van der Waals surface area contributed by atoms with Gasteiger partial charge in [-0.25, -0.2) is 0 Å². The fourth-order valence-corrected chi connectivity index (χ4v) is 0. The van der Waals surface area contributed by atoms with Crippen LogP contribution in [-0.4, -0.2) is 0 Å².